The van der Waals surface area contributed by atoms with Gasteiger partial charge in [0.2, 0.25) is 23.6 Å². The number of rotatable bonds is 39. The summed E-state index contributed by atoms with van der Waals surface area (Å²) in [7, 11) is 0. The minimum Gasteiger partial charge on any atom is -0.394 e. The lowest BCUT2D eigenvalue weighted by Crippen LogP contribution is -2.71. The van der Waals surface area contributed by atoms with Gasteiger partial charge < -0.3 is 289 Å². The van der Waals surface area contributed by atoms with E-state index in [1.807, 2.05) is 0 Å². The zero-order valence-corrected chi connectivity index (χ0v) is 77.1. The molecule has 11 aliphatic rings. The van der Waals surface area contributed by atoms with Gasteiger partial charge >= 0.3 is 0 Å². The van der Waals surface area contributed by atoms with E-state index in [-0.39, 0.29) is 0 Å². The maximum Gasteiger partial charge on any atom is 0.217 e. The lowest BCUT2D eigenvalue weighted by Gasteiger charge is -2.52. The topological polar surface area (TPSA) is 967 Å². The average molecular weight is 2080 g/mol. The molecule has 36 N–H and O–H groups in total. The molecule has 0 spiro atoms. The van der Waals surface area contributed by atoms with Gasteiger partial charge in [0.05, 0.1) is 90.4 Å². The molecule has 11 aliphatic heterocycles. The molecule has 0 aromatic carbocycles. The van der Waals surface area contributed by atoms with Crippen molar-refractivity contribution >= 4 is 23.6 Å². The van der Waals surface area contributed by atoms with Crippen LogP contribution in [0, 0.1) is 0 Å². The van der Waals surface area contributed by atoms with Gasteiger partial charge in [-0.3, -0.25) is 19.2 Å². The van der Waals surface area contributed by atoms with Crippen LogP contribution < -0.4 is 21.3 Å². The van der Waals surface area contributed by atoms with E-state index < -0.39 is 452 Å². The lowest BCUT2D eigenvalue weighted by molar-refractivity contribution is -0.404. The zero-order chi connectivity index (χ0) is 105. The molecular weight excluding hydrogens is 1940 g/mol. The minimum atomic E-state index is -2.76. The number of amides is 4. The molecule has 11 saturated heterocycles. The van der Waals surface area contributed by atoms with Crippen molar-refractivity contribution in [3.8, 4) is 0 Å². The van der Waals surface area contributed by atoms with E-state index in [9.17, 15) is 183 Å². The highest BCUT2D eigenvalue weighted by Crippen LogP contribution is 2.43. The second-order valence-electron chi connectivity index (χ2n) is 36.3. The van der Waals surface area contributed by atoms with Crippen molar-refractivity contribution in [2.75, 3.05) is 66.1 Å². The highest BCUT2D eigenvalue weighted by molar-refractivity contribution is 5.74. The van der Waals surface area contributed by atoms with Crippen LogP contribution in [0.4, 0.5) is 0 Å². The van der Waals surface area contributed by atoms with E-state index in [0.717, 1.165) is 27.7 Å². The molecular formula is C80H136N4O58. The summed E-state index contributed by atoms with van der Waals surface area (Å²) in [6.45, 7) is -4.87. The first-order valence-corrected chi connectivity index (χ1v) is 45.7. The summed E-state index contributed by atoms with van der Waals surface area (Å²) < 4.78 is 133. The molecule has 0 aliphatic carbocycles. The molecule has 11 heterocycles. The van der Waals surface area contributed by atoms with Gasteiger partial charge in [-0.1, -0.05) is 0 Å². The van der Waals surface area contributed by atoms with Gasteiger partial charge in [-0.25, -0.2) is 0 Å². The Morgan fingerprint density at radius 1 is 0.261 bits per heavy atom. The van der Waals surface area contributed by atoms with Crippen LogP contribution in [0.2, 0.25) is 0 Å². The molecule has 0 bridgehead atoms. The number of hydrogen-bond donors (Lipinski definition) is 36. The Morgan fingerprint density at radius 3 is 0.965 bits per heavy atom. The summed E-state index contributed by atoms with van der Waals surface area (Å²) in [6, 6.07) is -8.18. The zero-order valence-electron chi connectivity index (χ0n) is 77.1. The number of aliphatic hydroxyl groups excluding tert-OH is 32. The lowest BCUT2D eigenvalue weighted by atomic mass is 9.93. The van der Waals surface area contributed by atoms with Gasteiger partial charge in [0.25, 0.3) is 0 Å². The van der Waals surface area contributed by atoms with Crippen molar-refractivity contribution in [3.05, 3.63) is 0 Å². The number of hydrogen-bond acceptors (Lipinski definition) is 58. The van der Waals surface area contributed by atoms with Crippen molar-refractivity contribution in [3.63, 3.8) is 0 Å². The maximum atomic E-state index is 13.7. The van der Waals surface area contributed by atoms with Crippen LogP contribution >= 0.6 is 0 Å². The van der Waals surface area contributed by atoms with Crippen LogP contribution in [0.15, 0.2) is 0 Å². The van der Waals surface area contributed by atoms with Gasteiger partial charge in [-0.15, -0.1) is 0 Å². The molecule has 59 atom stereocenters. The Labute approximate surface area is 805 Å². The van der Waals surface area contributed by atoms with Crippen molar-refractivity contribution < 1.29 is 287 Å². The average Bonchev–Trinajstić information content (AvgIpc) is 0.754. The van der Waals surface area contributed by atoms with Crippen molar-refractivity contribution in [1.82, 2.24) is 21.3 Å². The third-order valence-electron chi connectivity index (χ3n) is 26.2. The van der Waals surface area contributed by atoms with Gasteiger partial charge in [-0.05, 0) is 20.8 Å². The number of carbonyl (C=O) groups is 4. The molecule has 0 aromatic rings. The fraction of sp³-hybridized carbons (Fsp3) is 0.950. The Morgan fingerprint density at radius 2 is 0.563 bits per heavy atom. The summed E-state index contributed by atoms with van der Waals surface area (Å²) >= 11 is 0. The molecule has 4 amide bonds. The van der Waals surface area contributed by atoms with Crippen LogP contribution in [0.1, 0.15) is 48.5 Å². The van der Waals surface area contributed by atoms with E-state index >= 15 is 0 Å². The standard InChI is InChI=1S/C80H136N4O58/c1-18-38(98)48(108)55(115)73(123-18)121-16-26(97)61(41(101)25(8-85)81-21(4)93)134-70-35(82-22(5)94)47(107)62(31(13-90)130-70)135-78-60(120)67(140-80-69(54(114)45(105)30(12-89)129-80)142-72-37(84-24(7)96)66(139-75-57(117)50(110)40(100)20(3)125-75)64(33(15-92)132-72)137-77-59(119)52(112)43(103)28(10-87)127-77)46(106)34(133-78)17-122-79-68(53(113)44(104)29(11-88)128-79)141-71-36(83-23(6)95)65(138-74-56(116)49(109)39(99)19(2)124-74)63(32(14-91)131-71)136-76-58(118)51(111)42(102)27(9-86)126-76/h18-20,25-80,85-92,97-120H,8-17H2,1-7H3,(H,81,93)(H,82,94)(H,83,95)(H,84,96)/t18-,19-,20-,25-,26+,27+,28+,29+,30+,31+,32+,33+,34+,35+,36+,37+,38+,39+,40+,41+,42-,43-,44+,45+,46+,47+,48+,49+,50+,51-,52-,53-,54-,55-,56-,57-,58+,59+,60-,61+,62+,63+,64+,65+,66+,67-,68-,69-,70-,71-,72-,73+,74-,75-,76-,77-,78-,79-,80+/m0/s1. The van der Waals surface area contributed by atoms with Crippen molar-refractivity contribution in [1.29, 1.82) is 0 Å². The van der Waals surface area contributed by atoms with Crippen LogP contribution in [0.3, 0.4) is 0 Å². The first-order chi connectivity index (χ1) is 67.0. The Bertz CT molecular complexity index is 3880. The highest BCUT2D eigenvalue weighted by Gasteiger charge is 2.64. The fourth-order valence-corrected chi connectivity index (χ4v) is 18.2. The van der Waals surface area contributed by atoms with Gasteiger partial charge in [0.15, 0.2) is 69.2 Å². The first kappa shape index (κ1) is 118. The number of ether oxygens (including phenoxy) is 22. The summed E-state index contributed by atoms with van der Waals surface area (Å²) in [5, 5.41) is 371. The molecule has 0 saturated carbocycles. The molecule has 0 radical (unpaired) electrons. The SMILES string of the molecule is CC(=O)N[C@H]1[C@H](O[C@@H]([C@H](O)[C@H](CO)NC(C)=O)[C@H](O)CO[C@@H]2O[C@@H](C)[C@@H](O)[C@@H](O)[C@@H]2O)O[C@H](CO)[C@@H](O[C@@H]2O[C@H](CO[C@H]3O[C@H](CO)[C@@H](O)[C@H](O)[C@@H]3O[C@@H]3O[C@H](CO)[C@@H](O[C@@H]4O[C@H](CO)[C@H](O)[C@H](O)[C@H]4O)[C@H](O[C@@H]4O[C@@H](C)[C@@H](O)[C@@H](O)[C@@H]4O)[C@H]3NC(C)=O)[C@@H](O)[C@H](O[C@H]3O[C@H](CO)[C@@H](O)[C@H](O)[C@@H]3O[C@@H]3O[C@H](CO)[C@@H](O[C@@H]4O[C@H](CO)[C@H](O)[C@H](O)[C@H]4O)[C@H](O[C@@H]4O[C@@H](C)[C@@H](O)[C@@H](O)[C@@H]4O)[C@H]3NC(C)=O)[C@@H]2O)[C@@H]1O. The van der Waals surface area contributed by atoms with E-state index in [4.69, 9.17) is 104 Å². The van der Waals surface area contributed by atoms with Crippen molar-refractivity contribution in [2.45, 2.75) is 410 Å². The maximum absolute atomic E-state index is 13.7. The second-order valence-corrected chi connectivity index (χ2v) is 36.3. The number of nitrogens with one attached hydrogen (secondary N) is 4. The molecule has 0 unspecified atom stereocenters. The Balaban J connectivity index is 0.981. The molecule has 11 fully saturated rings. The molecule has 11 rings (SSSR count). The predicted molar refractivity (Wildman–Crippen MR) is 439 cm³/mol. The smallest absolute Gasteiger partial charge is 0.217 e. The minimum absolute atomic E-state index is 0.862. The summed E-state index contributed by atoms with van der Waals surface area (Å²) in [4.78, 5) is 53.2. The summed E-state index contributed by atoms with van der Waals surface area (Å²) in [5.74, 6) is -4.10. The Hall–Kier alpha value is -4.28. The monoisotopic (exact) mass is 2080 g/mol. The van der Waals surface area contributed by atoms with Crippen molar-refractivity contribution in [2.24, 2.45) is 0 Å². The van der Waals surface area contributed by atoms with E-state index in [0.29, 0.717) is 0 Å². The first-order valence-electron chi connectivity index (χ1n) is 45.7. The largest absolute Gasteiger partial charge is 0.394 e. The fourth-order valence-electron chi connectivity index (χ4n) is 18.2. The predicted octanol–water partition coefficient (Wildman–Crippen LogP) is -23.9. The van der Waals surface area contributed by atoms with Crippen LogP contribution in [-0.2, 0) is 123 Å². The number of carbonyl (C=O) groups excluding carboxylic acids is 4. The van der Waals surface area contributed by atoms with E-state index in [2.05, 4.69) is 21.3 Å². The third kappa shape index (κ3) is 26.4. The van der Waals surface area contributed by atoms with Crippen LogP contribution in [0.25, 0.3) is 0 Å². The molecule has 142 heavy (non-hydrogen) atoms. The Kier molecular flexibility index (Phi) is 42.9. The van der Waals surface area contributed by atoms with E-state index in [1.54, 1.807) is 0 Å². The van der Waals surface area contributed by atoms with Gasteiger partial charge in [-0.2, -0.15) is 0 Å². The third-order valence-corrected chi connectivity index (χ3v) is 26.2. The summed E-state index contributed by atoms with van der Waals surface area (Å²) in [5.41, 5.74) is 0. The number of aliphatic hydroxyl groups is 32. The van der Waals surface area contributed by atoms with E-state index in [1.165, 1.54) is 20.8 Å². The molecule has 824 valence electrons. The van der Waals surface area contributed by atoms with Gasteiger partial charge in [0, 0.05) is 27.7 Å². The molecule has 0 aromatic heterocycles. The highest BCUT2D eigenvalue weighted by atomic mass is 16.8. The van der Waals surface area contributed by atoms with Crippen LogP contribution in [-0.4, -0.2) is 615 Å². The quantitative estimate of drug-likeness (QED) is 0.0272. The molecule has 62 heteroatoms. The van der Waals surface area contributed by atoms with Crippen LogP contribution in [0.5, 0.6) is 0 Å². The normalized spacial score (nSPS) is 48.6. The molecule has 62 nitrogen and oxygen atoms in total. The second kappa shape index (κ2) is 51.7. The van der Waals surface area contributed by atoms with Gasteiger partial charge in [0.1, 0.15) is 268 Å². The summed E-state index contributed by atoms with van der Waals surface area (Å²) in [6.07, 6.45) is -119.